The maximum Gasteiger partial charge on any atom is 0.228 e. The van der Waals surface area contributed by atoms with Gasteiger partial charge in [0.05, 0.1) is 14.2 Å². The number of amides is 1. The minimum atomic E-state index is 0.200. The van der Waals surface area contributed by atoms with E-state index in [9.17, 15) is 4.79 Å². The number of hydrogen-bond acceptors (Lipinski definition) is 3. The Morgan fingerprint density at radius 1 is 0.957 bits per heavy atom. The predicted octanol–water partition coefficient (Wildman–Crippen LogP) is 3.71. The average molecular weight is 315 g/mol. The van der Waals surface area contributed by atoms with E-state index in [1.54, 1.807) is 14.2 Å². The molecule has 4 aliphatic rings. The van der Waals surface area contributed by atoms with Crippen LogP contribution < -0.4 is 14.8 Å². The van der Waals surface area contributed by atoms with Crippen LogP contribution in [0.5, 0.6) is 11.5 Å². The fourth-order valence-electron chi connectivity index (χ4n) is 5.49. The highest BCUT2D eigenvalue weighted by atomic mass is 16.5. The Hall–Kier alpha value is -1.71. The summed E-state index contributed by atoms with van der Waals surface area (Å²) in [7, 11) is 3.23. The van der Waals surface area contributed by atoms with Crippen molar-refractivity contribution in [2.45, 2.75) is 32.1 Å². The van der Waals surface area contributed by atoms with Gasteiger partial charge in [0.25, 0.3) is 0 Å². The highest BCUT2D eigenvalue weighted by Gasteiger charge is 2.50. The molecule has 4 bridgehead atoms. The molecule has 0 spiro atoms. The number of nitrogens with one attached hydrogen (secondary N) is 1. The molecule has 0 unspecified atom stereocenters. The Kier molecular flexibility index (Phi) is 3.70. The Morgan fingerprint density at radius 3 is 2.13 bits per heavy atom. The van der Waals surface area contributed by atoms with Crippen LogP contribution in [0.2, 0.25) is 0 Å². The van der Waals surface area contributed by atoms with Gasteiger partial charge in [-0.25, -0.2) is 0 Å². The van der Waals surface area contributed by atoms with Crippen LogP contribution in [0.25, 0.3) is 0 Å². The molecule has 1 N–H and O–H groups in total. The lowest BCUT2D eigenvalue weighted by atomic mass is 9.51. The van der Waals surface area contributed by atoms with Crippen molar-refractivity contribution in [1.82, 2.24) is 0 Å². The van der Waals surface area contributed by atoms with Gasteiger partial charge >= 0.3 is 0 Å². The molecule has 0 radical (unpaired) electrons. The van der Waals surface area contributed by atoms with Crippen molar-refractivity contribution in [3.8, 4) is 11.5 Å². The molecule has 0 atom stereocenters. The normalized spacial score (nSPS) is 34.3. The largest absolute Gasteiger partial charge is 0.493 e. The molecule has 4 fully saturated rings. The van der Waals surface area contributed by atoms with E-state index in [4.69, 9.17) is 9.47 Å². The number of anilines is 1. The number of hydrogen-bond donors (Lipinski definition) is 1. The van der Waals surface area contributed by atoms with Crippen molar-refractivity contribution >= 4 is 11.6 Å². The van der Waals surface area contributed by atoms with E-state index in [-0.39, 0.29) is 11.8 Å². The second-order valence-electron chi connectivity index (χ2n) is 7.52. The Labute approximate surface area is 137 Å². The Morgan fingerprint density at radius 2 is 1.57 bits per heavy atom. The van der Waals surface area contributed by atoms with E-state index in [1.807, 2.05) is 18.2 Å². The third-order valence-electron chi connectivity index (χ3n) is 6.18. The van der Waals surface area contributed by atoms with Crippen LogP contribution >= 0.6 is 0 Å². The summed E-state index contributed by atoms with van der Waals surface area (Å²) >= 11 is 0. The molecule has 4 heteroatoms. The number of benzene rings is 1. The maximum absolute atomic E-state index is 12.9. The molecule has 1 aromatic carbocycles. The van der Waals surface area contributed by atoms with E-state index in [1.165, 1.54) is 32.1 Å². The number of ether oxygens (including phenoxy) is 2. The fraction of sp³-hybridized carbons (Fsp3) is 0.632. The first-order valence-corrected chi connectivity index (χ1v) is 8.70. The third-order valence-corrected chi connectivity index (χ3v) is 6.18. The van der Waals surface area contributed by atoms with Crippen molar-refractivity contribution in [2.75, 3.05) is 19.5 Å². The fourth-order valence-corrected chi connectivity index (χ4v) is 5.49. The van der Waals surface area contributed by atoms with E-state index >= 15 is 0 Å². The monoisotopic (exact) mass is 315 g/mol. The van der Waals surface area contributed by atoms with Crippen molar-refractivity contribution < 1.29 is 14.3 Å². The standard InChI is InChI=1S/C19H25NO3/c1-22-16-4-3-15(10-17(16)23-2)20-19(21)18-13-6-11-5-12(8-13)9-14(18)7-11/h3-4,10-14,18H,5-9H2,1-2H3,(H,20,21). The Balaban J connectivity index is 1.50. The first kappa shape index (κ1) is 14.9. The summed E-state index contributed by atoms with van der Waals surface area (Å²) in [5, 5.41) is 3.12. The van der Waals surface area contributed by atoms with Crippen molar-refractivity contribution in [2.24, 2.45) is 29.6 Å². The topological polar surface area (TPSA) is 47.6 Å². The summed E-state index contributed by atoms with van der Waals surface area (Å²) in [6.45, 7) is 0. The van der Waals surface area contributed by atoms with Crippen LogP contribution in [0.15, 0.2) is 18.2 Å². The lowest BCUT2D eigenvalue weighted by Gasteiger charge is -2.53. The highest BCUT2D eigenvalue weighted by molar-refractivity contribution is 5.93. The van der Waals surface area contributed by atoms with Crippen LogP contribution in [0.3, 0.4) is 0 Å². The summed E-state index contributed by atoms with van der Waals surface area (Å²) in [6, 6.07) is 5.56. The number of rotatable bonds is 4. The molecule has 124 valence electrons. The molecule has 4 aliphatic carbocycles. The number of carbonyl (C=O) groups is 1. The lowest BCUT2D eigenvalue weighted by molar-refractivity contribution is -0.132. The van der Waals surface area contributed by atoms with Crippen molar-refractivity contribution in [3.63, 3.8) is 0 Å². The van der Waals surface area contributed by atoms with Gasteiger partial charge in [0.15, 0.2) is 11.5 Å². The van der Waals surface area contributed by atoms with Gasteiger partial charge in [-0.2, -0.15) is 0 Å². The van der Waals surface area contributed by atoms with Gasteiger partial charge in [-0.3, -0.25) is 4.79 Å². The predicted molar refractivity (Wildman–Crippen MR) is 88.7 cm³/mol. The minimum absolute atomic E-state index is 0.200. The first-order chi connectivity index (χ1) is 11.2. The molecule has 5 rings (SSSR count). The van der Waals surface area contributed by atoms with Gasteiger partial charge < -0.3 is 14.8 Å². The summed E-state index contributed by atoms with van der Waals surface area (Å²) in [5.41, 5.74) is 0.793. The SMILES string of the molecule is COc1ccc(NC(=O)C2C3CC4CC(C3)CC2C4)cc1OC. The van der Waals surface area contributed by atoms with E-state index in [0.29, 0.717) is 23.3 Å². The zero-order chi connectivity index (χ0) is 16.0. The van der Waals surface area contributed by atoms with Crippen molar-refractivity contribution in [1.29, 1.82) is 0 Å². The van der Waals surface area contributed by atoms with Crippen LogP contribution in [0.1, 0.15) is 32.1 Å². The maximum atomic E-state index is 12.9. The van der Waals surface area contributed by atoms with E-state index in [0.717, 1.165) is 17.5 Å². The quantitative estimate of drug-likeness (QED) is 0.921. The zero-order valence-corrected chi connectivity index (χ0v) is 13.9. The van der Waals surface area contributed by atoms with Gasteiger partial charge in [0.2, 0.25) is 5.91 Å². The molecule has 1 amide bonds. The van der Waals surface area contributed by atoms with Gasteiger partial charge in [-0.1, -0.05) is 0 Å². The molecule has 4 saturated carbocycles. The molecule has 0 saturated heterocycles. The third kappa shape index (κ3) is 2.58. The van der Waals surface area contributed by atoms with Gasteiger partial charge in [-0.05, 0) is 67.9 Å². The Bertz CT molecular complexity index is 585. The number of methoxy groups -OCH3 is 2. The molecule has 1 aromatic rings. The lowest BCUT2D eigenvalue weighted by Crippen LogP contribution is -2.49. The second kappa shape index (κ2) is 5.73. The molecular formula is C19H25NO3. The smallest absolute Gasteiger partial charge is 0.228 e. The van der Waals surface area contributed by atoms with Gasteiger partial charge in [0, 0.05) is 17.7 Å². The average Bonchev–Trinajstić information content (AvgIpc) is 2.53. The summed E-state index contributed by atoms with van der Waals surface area (Å²) in [5.74, 6) is 4.72. The van der Waals surface area contributed by atoms with E-state index < -0.39 is 0 Å². The molecule has 4 nitrogen and oxygen atoms in total. The van der Waals surface area contributed by atoms with Crippen LogP contribution in [-0.4, -0.2) is 20.1 Å². The van der Waals surface area contributed by atoms with Gasteiger partial charge in [0.1, 0.15) is 0 Å². The van der Waals surface area contributed by atoms with Gasteiger partial charge in [-0.15, -0.1) is 0 Å². The highest BCUT2D eigenvalue weighted by Crippen LogP contribution is 2.56. The van der Waals surface area contributed by atoms with Crippen LogP contribution in [-0.2, 0) is 4.79 Å². The van der Waals surface area contributed by atoms with Crippen LogP contribution in [0.4, 0.5) is 5.69 Å². The zero-order valence-electron chi connectivity index (χ0n) is 13.9. The minimum Gasteiger partial charge on any atom is -0.493 e. The molecule has 0 aliphatic heterocycles. The summed E-state index contributed by atoms with van der Waals surface area (Å²) in [4.78, 5) is 12.9. The molecular weight excluding hydrogens is 290 g/mol. The molecule has 0 aromatic heterocycles. The second-order valence-corrected chi connectivity index (χ2v) is 7.52. The van der Waals surface area contributed by atoms with E-state index in [2.05, 4.69) is 5.32 Å². The summed E-state index contributed by atoms with van der Waals surface area (Å²) < 4.78 is 10.6. The molecule has 0 heterocycles. The molecule has 23 heavy (non-hydrogen) atoms. The number of carbonyl (C=O) groups excluding carboxylic acids is 1. The summed E-state index contributed by atoms with van der Waals surface area (Å²) in [6.07, 6.45) is 6.46. The van der Waals surface area contributed by atoms with Crippen molar-refractivity contribution in [3.05, 3.63) is 18.2 Å². The van der Waals surface area contributed by atoms with Crippen LogP contribution in [0, 0.1) is 29.6 Å². The first-order valence-electron chi connectivity index (χ1n) is 8.70.